The Morgan fingerprint density at radius 2 is 1.81 bits per heavy atom. The second-order valence-electron chi connectivity index (χ2n) is 6.84. The van der Waals surface area contributed by atoms with Gasteiger partial charge in [0.15, 0.2) is 11.6 Å². The summed E-state index contributed by atoms with van der Waals surface area (Å²) in [6, 6.07) is -0.470. The summed E-state index contributed by atoms with van der Waals surface area (Å²) in [5, 5.41) is 14.6. The zero-order chi connectivity index (χ0) is 15.5. The molecule has 2 aliphatic heterocycles. The van der Waals surface area contributed by atoms with E-state index in [4.69, 9.17) is 24.5 Å². The van der Waals surface area contributed by atoms with Gasteiger partial charge in [-0.1, -0.05) is 5.11 Å². The van der Waals surface area contributed by atoms with E-state index in [9.17, 15) is 5.11 Å². The molecular weight excluding hydrogens is 278 g/mol. The molecule has 0 aromatic heterocycles. The van der Waals surface area contributed by atoms with Crippen LogP contribution < -0.4 is 0 Å². The van der Waals surface area contributed by atoms with E-state index < -0.39 is 41.5 Å². The number of aliphatic hydroxyl groups excluding tert-OH is 1. The van der Waals surface area contributed by atoms with E-state index >= 15 is 0 Å². The lowest BCUT2D eigenvalue weighted by Gasteiger charge is -2.44. The van der Waals surface area contributed by atoms with Crippen molar-refractivity contribution in [3.8, 4) is 0 Å². The first kappa shape index (κ1) is 15.0. The summed E-state index contributed by atoms with van der Waals surface area (Å²) in [5.74, 6) is -1.62. The van der Waals surface area contributed by atoms with Crippen molar-refractivity contribution < 1.29 is 24.1 Å². The van der Waals surface area contributed by atoms with Gasteiger partial charge in [-0.05, 0) is 39.6 Å². The minimum Gasteiger partial charge on any atom is -0.387 e. The van der Waals surface area contributed by atoms with Crippen LogP contribution in [0.15, 0.2) is 5.11 Å². The molecule has 8 heteroatoms. The summed E-state index contributed by atoms with van der Waals surface area (Å²) < 4.78 is 23.2. The van der Waals surface area contributed by atoms with Gasteiger partial charge in [-0.15, -0.1) is 0 Å². The molecule has 3 fully saturated rings. The number of ether oxygens (including phenoxy) is 4. The monoisotopic (exact) mass is 299 g/mol. The van der Waals surface area contributed by atoms with Crippen molar-refractivity contribution in [2.24, 2.45) is 5.11 Å². The Morgan fingerprint density at radius 1 is 1.14 bits per heavy atom. The Kier molecular flexibility index (Phi) is 3.26. The fraction of sp³-hybridized carbons (Fsp3) is 1.00. The first-order valence-corrected chi connectivity index (χ1v) is 7.10. The predicted molar refractivity (Wildman–Crippen MR) is 71.2 cm³/mol. The highest BCUT2D eigenvalue weighted by atomic mass is 16.8. The molecule has 0 amide bonds. The lowest BCUT2D eigenvalue weighted by molar-refractivity contribution is -0.219. The number of hydrogen-bond donors (Lipinski definition) is 1. The molecule has 5 atom stereocenters. The van der Waals surface area contributed by atoms with Gasteiger partial charge in [0.25, 0.3) is 0 Å². The van der Waals surface area contributed by atoms with Crippen LogP contribution in [0.25, 0.3) is 10.4 Å². The van der Waals surface area contributed by atoms with Gasteiger partial charge < -0.3 is 24.1 Å². The standard InChI is InChI=1S/C13H21N3O5/c1-11(2)18-6-13(21-11)5-7(15-16-14)8-9(10(13)17)20-12(3,4)19-8/h7-10,17H,5-6H2,1-4H3/t7-,8-,9+,10-,13-/m0/s1. The van der Waals surface area contributed by atoms with Gasteiger partial charge in [0.05, 0.1) is 18.8 Å². The van der Waals surface area contributed by atoms with Gasteiger partial charge in [0.1, 0.15) is 17.8 Å². The predicted octanol–water partition coefficient (Wildman–Crippen LogP) is 1.47. The number of nitrogens with zero attached hydrogens (tertiary/aromatic N) is 3. The SMILES string of the molecule is CC1(C)O[C@@H]2[C@@H](O1)[C@H](O)[C@@]1(COC(C)(C)O1)C[C@@H]2N=[N+]=[N-]. The summed E-state index contributed by atoms with van der Waals surface area (Å²) >= 11 is 0. The molecule has 2 heterocycles. The van der Waals surface area contributed by atoms with E-state index in [1.165, 1.54) is 0 Å². The van der Waals surface area contributed by atoms with Crippen LogP contribution >= 0.6 is 0 Å². The first-order chi connectivity index (χ1) is 9.68. The largest absolute Gasteiger partial charge is 0.387 e. The number of hydrogen-bond acceptors (Lipinski definition) is 6. The summed E-state index contributed by atoms with van der Waals surface area (Å²) in [7, 11) is 0. The fourth-order valence-corrected chi connectivity index (χ4v) is 3.51. The summed E-state index contributed by atoms with van der Waals surface area (Å²) in [6.45, 7) is 7.35. The highest BCUT2D eigenvalue weighted by Gasteiger charge is 2.63. The van der Waals surface area contributed by atoms with E-state index in [0.717, 1.165) is 0 Å². The average molecular weight is 299 g/mol. The number of rotatable bonds is 1. The Bertz CT molecular complexity index is 490. The van der Waals surface area contributed by atoms with Crippen LogP contribution in [-0.4, -0.2) is 53.2 Å². The second-order valence-corrected chi connectivity index (χ2v) is 6.84. The third-order valence-electron chi connectivity index (χ3n) is 4.26. The van der Waals surface area contributed by atoms with Crippen molar-refractivity contribution >= 4 is 0 Å². The van der Waals surface area contributed by atoms with Crippen LogP contribution in [0.2, 0.25) is 0 Å². The minimum atomic E-state index is -0.937. The van der Waals surface area contributed by atoms with E-state index in [1.54, 1.807) is 27.7 Å². The third kappa shape index (κ3) is 2.42. The molecule has 0 unspecified atom stereocenters. The summed E-state index contributed by atoms with van der Waals surface area (Å²) in [6.07, 6.45) is -1.66. The molecule has 1 spiro atoms. The number of azide groups is 1. The lowest BCUT2D eigenvalue weighted by Crippen LogP contribution is -2.62. The van der Waals surface area contributed by atoms with E-state index in [0.29, 0.717) is 6.42 Å². The molecule has 3 rings (SSSR count). The van der Waals surface area contributed by atoms with Gasteiger partial charge >= 0.3 is 0 Å². The van der Waals surface area contributed by atoms with Gasteiger partial charge in [-0.2, -0.15) is 0 Å². The fourth-order valence-electron chi connectivity index (χ4n) is 3.51. The molecule has 118 valence electrons. The highest BCUT2D eigenvalue weighted by molar-refractivity contribution is 5.11. The molecule has 8 nitrogen and oxygen atoms in total. The molecule has 0 radical (unpaired) electrons. The Hall–Kier alpha value is -0.890. The summed E-state index contributed by atoms with van der Waals surface area (Å²) in [4.78, 5) is 2.89. The molecule has 0 bridgehead atoms. The minimum absolute atomic E-state index is 0.228. The molecule has 1 N–H and O–H groups in total. The highest BCUT2D eigenvalue weighted by Crippen LogP contribution is 2.47. The smallest absolute Gasteiger partial charge is 0.163 e. The Morgan fingerprint density at radius 3 is 2.38 bits per heavy atom. The Balaban J connectivity index is 1.94. The third-order valence-corrected chi connectivity index (χ3v) is 4.26. The molecule has 0 aromatic carbocycles. The molecule has 1 aliphatic carbocycles. The van der Waals surface area contributed by atoms with Crippen LogP contribution in [0, 0.1) is 0 Å². The topological polar surface area (TPSA) is 106 Å². The Labute approximate surface area is 122 Å². The van der Waals surface area contributed by atoms with Crippen molar-refractivity contribution in [1.82, 2.24) is 0 Å². The zero-order valence-electron chi connectivity index (χ0n) is 12.6. The molecule has 21 heavy (non-hydrogen) atoms. The van der Waals surface area contributed by atoms with E-state index in [2.05, 4.69) is 10.0 Å². The molecular formula is C13H21N3O5. The van der Waals surface area contributed by atoms with Crippen LogP contribution in [-0.2, 0) is 18.9 Å². The molecule has 3 aliphatic rings. The molecule has 1 saturated carbocycles. The van der Waals surface area contributed by atoms with Gasteiger partial charge in [0, 0.05) is 4.91 Å². The molecule has 0 aromatic rings. The van der Waals surface area contributed by atoms with E-state index in [-0.39, 0.29) is 6.61 Å². The number of aliphatic hydroxyl groups is 1. The van der Waals surface area contributed by atoms with Crippen molar-refractivity contribution in [2.45, 2.75) is 75.6 Å². The maximum atomic E-state index is 10.7. The van der Waals surface area contributed by atoms with E-state index in [1.807, 2.05) is 0 Å². The summed E-state index contributed by atoms with van der Waals surface area (Å²) in [5.41, 5.74) is 7.86. The average Bonchev–Trinajstić information content (AvgIpc) is 2.85. The molecule has 2 saturated heterocycles. The van der Waals surface area contributed by atoms with Crippen molar-refractivity contribution in [3.63, 3.8) is 0 Å². The van der Waals surface area contributed by atoms with Crippen molar-refractivity contribution in [2.75, 3.05) is 6.61 Å². The maximum Gasteiger partial charge on any atom is 0.163 e. The van der Waals surface area contributed by atoms with Crippen LogP contribution in [0.1, 0.15) is 34.1 Å². The second kappa shape index (κ2) is 4.55. The van der Waals surface area contributed by atoms with Crippen LogP contribution in [0.4, 0.5) is 0 Å². The van der Waals surface area contributed by atoms with Crippen LogP contribution in [0.3, 0.4) is 0 Å². The first-order valence-electron chi connectivity index (χ1n) is 7.10. The quantitative estimate of drug-likeness (QED) is 0.448. The normalized spacial score (nSPS) is 47.1. The van der Waals surface area contributed by atoms with Gasteiger partial charge in [0.2, 0.25) is 0 Å². The lowest BCUT2D eigenvalue weighted by atomic mass is 9.76. The van der Waals surface area contributed by atoms with Gasteiger partial charge in [-0.25, -0.2) is 0 Å². The zero-order valence-corrected chi connectivity index (χ0v) is 12.6. The maximum absolute atomic E-state index is 10.7. The van der Waals surface area contributed by atoms with Crippen LogP contribution in [0.5, 0.6) is 0 Å². The number of fused-ring (bicyclic) bond motifs is 1. The van der Waals surface area contributed by atoms with Crippen molar-refractivity contribution in [3.05, 3.63) is 10.4 Å². The van der Waals surface area contributed by atoms with Crippen molar-refractivity contribution in [1.29, 1.82) is 0 Å². The van der Waals surface area contributed by atoms with Gasteiger partial charge in [-0.3, -0.25) is 0 Å².